The highest BCUT2D eigenvalue weighted by atomic mass is 35.5. The molecule has 1 fully saturated rings. The number of nitrogens with zero attached hydrogens (tertiary/aromatic N) is 2. The van der Waals surface area contributed by atoms with Gasteiger partial charge in [0, 0.05) is 25.8 Å². The van der Waals surface area contributed by atoms with Crippen molar-refractivity contribution in [2.45, 2.75) is 25.0 Å². The summed E-state index contributed by atoms with van der Waals surface area (Å²) in [5.41, 5.74) is 1.04. The Bertz CT molecular complexity index is 751. The molecule has 0 aromatic heterocycles. The van der Waals surface area contributed by atoms with Crippen LogP contribution < -0.4 is 4.74 Å². The van der Waals surface area contributed by atoms with Crippen LogP contribution in [0.15, 0.2) is 23.4 Å². The van der Waals surface area contributed by atoms with Gasteiger partial charge in [0.15, 0.2) is 0 Å². The first kappa shape index (κ1) is 18.9. The lowest BCUT2D eigenvalue weighted by molar-refractivity contribution is -0.227. The number of hydrogen-bond acceptors (Lipinski definition) is 7. The van der Waals surface area contributed by atoms with Crippen molar-refractivity contribution in [1.29, 1.82) is 0 Å². The van der Waals surface area contributed by atoms with Crippen LogP contribution in [0, 0.1) is 0 Å². The van der Waals surface area contributed by atoms with Crippen LogP contribution in [-0.2, 0) is 19.1 Å². The lowest BCUT2D eigenvalue weighted by Crippen LogP contribution is -2.41. The summed E-state index contributed by atoms with van der Waals surface area (Å²) in [6.07, 6.45) is 2.28. The van der Waals surface area contributed by atoms with E-state index in [1.807, 2.05) is 4.90 Å². The fraction of sp³-hybridized carbons (Fsp3) is 0.471. The number of ether oxygens (including phenoxy) is 3. The van der Waals surface area contributed by atoms with E-state index < -0.39 is 11.8 Å². The monoisotopic (exact) mass is 398 g/mol. The molecule has 0 spiro atoms. The van der Waals surface area contributed by atoms with Gasteiger partial charge >= 0.3 is 11.8 Å². The zero-order valence-corrected chi connectivity index (χ0v) is 16.1. The fourth-order valence-corrected chi connectivity index (χ4v) is 3.38. The van der Waals surface area contributed by atoms with Gasteiger partial charge in [-0.3, -0.25) is 0 Å². The van der Waals surface area contributed by atoms with Crippen molar-refractivity contribution in [3.8, 4) is 5.75 Å². The van der Waals surface area contributed by atoms with Crippen molar-refractivity contribution in [2.24, 2.45) is 5.16 Å². The molecule has 2 heterocycles. The highest BCUT2D eigenvalue weighted by molar-refractivity contribution is 7.80. The summed E-state index contributed by atoms with van der Waals surface area (Å²) < 4.78 is 15.7. The third-order valence-electron chi connectivity index (χ3n) is 4.35. The Kier molecular flexibility index (Phi) is 5.64. The number of esters is 1. The van der Waals surface area contributed by atoms with E-state index in [2.05, 4.69) is 5.16 Å². The van der Waals surface area contributed by atoms with E-state index in [4.69, 9.17) is 42.9 Å². The Balaban J connectivity index is 1.78. The van der Waals surface area contributed by atoms with E-state index >= 15 is 0 Å². The second-order valence-corrected chi connectivity index (χ2v) is 6.71. The maximum absolute atomic E-state index is 12.0. The molecule has 140 valence electrons. The van der Waals surface area contributed by atoms with Gasteiger partial charge in [0.2, 0.25) is 0 Å². The first-order chi connectivity index (χ1) is 12.5. The Morgan fingerprint density at radius 1 is 1.35 bits per heavy atom. The second kappa shape index (κ2) is 7.77. The molecule has 1 unspecified atom stereocenters. The van der Waals surface area contributed by atoms with Crippen LogP contribution >= 0.6 is 23.8 Å². The predicted molar refractivity (Wildman–Crippen MR) is 99.5 cm³/mol. The Morgan fingerprint density at radius 2 is 2.08 bits per heavy atom. The maximum Gasteiger partial charge on any atom is 0.382 e. The molecule has 1 saturated heterocycles. The quantitative estimate of drug-likeness (QED) is 0.570. The molecule has 3 rings (SSSR count). The van der Waals surface area contributed by atoms with Crippen molar-refractivity contribution in [3.05, 3.63) is 28.8 Å². The van der Waals surface area contributed by atoms with Gasteiger partial charge in [0.25, 0.3) is 5.17 Å². The first-order valence-corrected chi connectivity index (χ1v) is 8.93. The minimum Gasteiger partial charge on any atom is -0.464 e. The standard InChI is InChI=1S/C17H19ClN2O5S/c1-22-15(21)17(23-2)10-14(19-25-17)12-9-11(5-6-13(12)18)24-16(26)20-7-3-4-8-20/h5-6,9H,3-4,7-8,10H2,1-2H3. The van der Waals surface area contributed by atoms with Gasteiger partial charge in [0.1, 0.15) is 5.75 Å². The van der Waals surface area contributed by atoms with Gasteiger partial charge in [-0.2, -0.15) is 0 Å². The number of benzene rings is 1. The van der Waals surface area contributed by atoms with Crippen molar-refractivity contribution >= 4 is 40.7 Å². The number of carbonyl (C=O) groups excluding carboxylic acids is 1. The summed E-state index contributed by atoms with van der Waals surface area (Å²) in [5.74, 6) is -1.73. The van der Waals surface area contributed by atoms with Gasteiger partial charge in [-0.25, -0.2) is 4.79 Å². The third-order valence-corrected chi connectivity index (χ3v) is 5.02. The predicted octanol–water partition coefficient (Wildman–Crippen LogP) is 2.74. The third kappa shape index (κ3) is 3.62. The molecule has 0 amide bonds. The smallest absolute Gasteiger partial charge is 0.382 e. The minimum absolute atomic E-state index is 0.0654. The molecule has 1 atom stereocenters. The number of rotatable bonds is 4. The maximum atomic E-state index is 12.0. The Hall–Kier alpha value is -1.90. The van der Waals surface area contributed by atoms with Gasteiger partial charge in [-0.05, 0) is 43.3 Å². The lowest BCUT2D eigenvalue weighted by Gasteiger charge is -2.21. The Morgan fingerprint density at radius 3 is 2.73 bits per heavy atom. The van der Waals surface area contributed by atoms with Crippen LogP contribution in [0.5, 0.6) is 5.75 Å². The average Bonchev–Trinajstić information content (AvgIpc) is 3.33. The molecule has 26 heavy (non-hydrogen) atoms. The molecule has 1 aromatic carbocycles. The van der Waals surface area contributed by atoms with E-state index in [1.165, 1.54) is 14.2 Å². The lowest BCUT2D eigenvalue weighted by atomic mass is 10.0. The van der Waals surface area contributed by atoms with Crippen molar-refractivity contribution in [2.75, 3.05) is 27.3 Å². The molecule has 0 radical (unpaired) electrons. The second-order valence-electron chi connectivity index (χ2n) is 5.96. The highest BCUT2D eigenvalue weighted by Crippen LogP contribution is 2.33. The first-order valence-electron chi connectivity index (χ1n) is 8.14. The molecule has 2 aliphatic rings. The molecule has 7 nitrogen and oxygen atoms in total. The van der Waals surface area contributed by atoms with Crippen LogP contribution in [0.1, 0.15) is 24.8 Å². The van der Waals surface area contributed by atoms with E-state index in [0.717, 1.165) is 25.9 Å². The van der Waals surface area contributed by atoms with Crippen LogP contribution in [0.25, 0.3) is 0 Å². The summed E-state index contributed by atoms with van der Waals surface area (Å²) in [7, 11) is 2.61. The van der Waals surface area contributed by atoms with Gasteiger partial charge in [-0.15, -0.1) is 0 Å². The summed E-state index contributed by atoms with van der Waals surface area (Å²) in [5, 5.41) is 4.84. The number of halogens is 1. The highest BCUT2D eigenvalue weighted by Gasteiger charge is 2.49. The molecular formula is C17H19ClN2O5S. The van der Waals surface area contributed by atoms with Gasteiger partial charge in [0.05, 0.1) is 24.3 Å². The zero-order chi connectivity index (χ0) is 18.7. The molecule has 0 N–H and O–H groups in total. The SMILES string of the molecule is COC(=O)C1(OC)CC(c2cc(OC(=S)N3CCCC3)ccc2Cl)=NO1. The molecular weight excluding hydrogens is 380 g/mol. The minimum atomic E-state index is -1.60. The van der Waals surface area contributed by atoms with E-state index in [0.29, 0.717) is 27.2 Å². The molecule has 0 saturated carbocycles. The molecule has 9 heteroatoms. The summed E-state index contributed by atoms with van der Waals surface area (Å²) in [6.45, 7) is 1.80. The number of thiocarbonyl (C=S) groups is 1. The Labute approximate surface area is 161 Å². The van der Waals surface area contributed by atoms with E-state index in [1.54, 1.807) is 18.2 Å². The van der Waals surface area contributed by atoms with Crippen LogP contribution in [0.2, 0.25) is 5.02 Å². The fourth-order valence-electron chi connectivity index (χ4n) is 2.87. The van der Waals surface area contributed by atoms with Crippen LogP contribution in [0.3, 0.4) is 0 Å². The molecule has 2 aliphatic heterocycles. The number of methoxy groups -OCH3 is 2. The topological polar surface area (TPSA) is 69.6 Å². The van der Waals surface area contributed by atoms with E-state index in [-0.39, 0.29) is 6.42 Å². The number of oxime groups is 1. The molecule has 0 aliphatic carbocycles. The van der Waals surface area contributed by atoms with Crippen LogP contribution in [-0.4, -0.2) is 54.9 Å². The number of likely N-dealkylation sites (tertiary alicyclic amines) is 1. The van der Waals surface area contributed by atoms with Crippen molar-refractivity contribution in [3.63, 3.8) is 0 Å². The van der Waals surface area contributed by atoms with Gasteiger partial charge < -0.3 is 23.9 Å². The zero-order valence-electron chi connectivity index (χ0n) is 14.5. The molecule has 1 aromatic rings. The average molecular weight is 399 g/mol. The largest absolute Gasteiger partial charge is 0.464 e. The van der Waals surface area contributed by atoms with Crippen LogP contribution in [0.4, 0.5) is 0 Å². The van der Waals surface area contributed by atoms with Gasteiger partial charge in [-0.1, -0.05) is 16.8 Å². The van der Waals surface area contributed by atoms with E-state index in [9.17, 15) is 4.79 Å². The number of carbonyl (C=O) groups is 1. The molecule has 0 bridgehead atoms. The van der Waals surface area contributed by atoms with Crippen molar-refractivity contribution in [1.82, 2.24) is 4.90 Å². The number of hydrogen-bond donors (Lipinski definition) is 0. The van der Waals surface area contributed by atoms with Crippen molar-refractivity contribution < 1.29 is 23.8 Å². The summed E-state index contributed by atoms with van der Waals surface area (Å²) in [6, 6.07) is 5.14. The summed E-state index contributed by atoms with van der Waals surface area (Å²) >= 11 is 11.6. The summed E-state index contributed by atoms with van der Waals surface area (Å²) in [4.78, 5) is 19.2. The normalized spacial score (nSPS) is 22.0.